The van der Waals surface area contributed by atoms with Crippen molar-refractivity contribution >= 4 is 17.5 Å². The van der Waals surface area contributed by atoms with E-state index in [1.165, 1.54) is 0 Å². The number of nitrogens with zero attached hydrogens (tertiary/aromatic N) is 2. The molecular formula is C11H18N2O2. The topological polar surface area (TPSA) is 49.7 Å². The van der Waals surface area contributed by atoms with Crippen molar-refractivity contribution in [1.29, 1.82) is 0 Å². The summed E-state index contributed by atoms with van der Waals surface area (Å²) in [7, 11) is 0. The maximum atomic E-state index is 12.0. The zero-order valence-electron chi connectivity index (χ0n) is 10.00. The number of carbonyl (C=O) groups is 2. The summed E-state index contributed by atoms with van der Waals surface area (Å²) in [4.78, 5) is 28.8. The normalized spacial score (nSPS) is 18.5. The first-order chi connectivity index (χ1) is 6.73. The Morgan fingerprint density at radius 1 is 1.27 bits per heavy atom. The lowest BCUT2D eigenvalue weighted by molar-refractivity contribution is -0.133. The number of aliphatic imine (C=N–C) groups is 1. The molecular weight excluding hydrogens is 192 g/mol. The first kappa shape index (κ1) is 11.9. The van der Waals surface area contributed by atoms with Gasteiger partial charge in [0.05, 0.1) is 0 Å². The summed E-state index contributed by atoms with van der Waals surface area (Å²) in [6.45, 7) is 9.58. The largest absolute Gasteiger partial charge is 0.326 e. The summed E-state index contributed by atoms with van der Waals surface area (Å²) < 4.78 is 0. The molecule has 0 bridgehead atoms. The Labute approximate surface area is 90.4 Å². The molecule has 4 nitrogen and oxygen atoms in total. The molecule has 0 aromatic carbocycles. The fraction of sp³-hybridized carbons (Fsp3) is 0.727. The Kier molecular flexibility index (Phi) is 2.98. The molecule has 84 valence electrons. The second kappa shape index (κ2) is 3.76. The molecule has 0 aliphatic carbocycles. The van der Waals surface area contributed by atoms with Crippen LogP contribution in [0.5, 0.6) is 0 Å². The van der Waals surface area contributed by atoms with Gasteiger partial charge in [-0.3, -0.25) is 9.59 Å². The average Bonchev–Trinajstić information content (AvgIpc) is 2.06. The van der Waals surface area contributed by atoms with Gasteiger partial charge in [-0.05, 0) is 13.8 Å². The molecule has 0 fully saturated rings. The zero-order chi connectivity index (χ0) is 11.8. The summed E-state index contributed by atoms with van der Waals surface area (Å²) >= 11 is 0. The number of rotatable bonds is 1. The van der Waals surface area contributed by atoms with E-state index in [-0.39, 0.29) is 29.8 Å². The van der Waals surface area contributed by atoms with E-state index >= 15 is 0 Å². The second-order valence-electron chi connectivity index (χ2n) is 5.13. The van der Waals surface area contributed by atoms with Gasteiger partial charge in [0.25, 0.3) is 11.8 Å². The fourth-order valence-electron chi connectivity index (χ4n) is 1.47. The van der Waals surface area contributed by atoms with Crippen molar-refractivity contribution in [3.8, 4) is 0 Å². The van der Waals surface area contributed by atoms with Crippen LogP contribution in [-0.4, -0.2) is 35.0 Å². The van der Waals surface area contributed by atoms with Gasteiger partial charge in [-0.2, -0.15) is 0 Å². The Morgan fingerprint density at radius 3 is 2.20 bits per heavy atom. The van der Waals surface area contributed by atoms with Crippen LogP contribution in [0.2, 0.25) is 0 Å². The lowest BCUT2D eigenvalue weighted by Crippen LogP contribution is -2.51. The van der Waals surface area contributed by atoms with Crippen molar-refractivity contribution in [2.24, 2.45) is 10.4 Å². The molecule has 0 saturated heterocycles. The van der Waals surface area contributed by atoms with Crippen LogP contribution >= 0.6 is 0 Å². The summed E-state index contributed by atoms with van der Waals surface area (Å²) in [5.74, 6) is -0.342. The van der Waals surface area contributed by atoms with Crippen LogP contribution in [0.4, 0.5) is 0 Å². The van der Waals surface area contributed by atoms with Crippen LogP contribution in [-0.2, 0) is 9.59 Å². The number of hydrogen-bond acceptors (Lipinski definition) is 2. The highest BCUT2D eigenvalue weighted by atomic mass is 16.2. The minimum atomic E-state index is -0.375. The van der Waals surface area contributed by atoms with Crippen molar-refractivity contribution in [1.82, 2.24) is 4.90 Å². The third kappa shape index (κ3) is 2.43. The quantitative estimate of drug-likeness (QED) is 0.654. The molecule has 0 aromatic heterocycles. The third-order valence-corrected chi connectivity index (χ3v) is 2.34. The highest BCUT2D eigenvalue weighted by Gasteiger charge is 2.35. The van der Waals surface area contributed by atoms with E-state index < -0.39 is 0 Å². The molecule has 1 rings (SSSR count). The van der Waals surface area contributed by atoms with E-state index in [4.69, 9.17) is 0 Å². The van der Waals surface area contributed by atoms with Gasteiger partial charge < -0.3 is 4.90 Å². The van der Waals surface area contributed by atoms with E-state index in [9.17, 15) is 9.59 Å². The molecule has 0 radical (unpaired) electrons. The van der Waals surface area contributed by atoms with Crippen LogP contribution in [0.15, 0.2) is 4.99 Å². The predicted octanol–water partition coefficient (Wildman–Crippen LogP) is 1.25. The van der Waals surface area contributed by atoms with Crippen molar-refractivity contribution < 1.29 is 9.59 Å². The summed E-state index contributed by atoms with van der Waals surface area (Å²) in [5, 5.41) is 0. The third-order valence-electron chi connectivity index (χ3n) is 2.34. The van der Waals surface area contributed by atoms with E-state index in [2.05, 4.69) is 4.99 Å². The summed E-state index contributed by atoms with van der Waals surface area (Å²) in [6.07, 6.45) is 0. The summed E-state index contributed by atoms with van der Waals surface area (Å²) in [5.41, 5.74) is -0.00669. The molecule has 0 N–H and O–H groups in total. The van der Waals surface area contributed by atoms with Crippen LogP contribution in [0.3, 0.4) is 0 Å². The number of carbonyl (C=O) groups excluding carboxylic acids is 2. The monoisotopic (exact) mass is 210 g/mol. The van der Waals surface area contributed by atoms with Crippen molar-refractivity contribution in [3.05, 3.63) is 0 Å². The molecule has 0 unspecified atom stereocenters. The van der Waals surface area contributed by atoms with Gasteiger partial charge in [-0.15, -0.1) is 0 Å². The first-order valence-corrected chi connectivity index (χ1v) is 5.16. The first-order valence-electron chi connectivity index (χ1n) is 5.16. The molecule has 1 heterocycles. The standard InChI is InChI=1S/C11H18N2O2/c1-7(2)13-6-8(14)12-9(10(13)15)11(3,4)5/h7H,6H2,1-5H3. The molecule has 1 aliphatic heterocycles. The Morgan fingerprint density at radius 2 is 1.80 bits per heavy atom. The average molecular weight is 210 g/mol. The van der Waals surface area contributed by atoms with E-state index in [1.807, 2.05) is 34.6 Å². The molecule has 0 atom stereocenters. The molecule has 0 saturated carbocycles. The van der Waals surface area contributed by atoms with Gasteiger partial charge >= 0.3 is 0 Å². The van der Waals surface area contributed by atoms with Gasteiger partial charge in [-0.1, -0.05) is 20.8 Å². The molecule has 2 amide bonds. The molecule has 0 spiro atoms. The lowest BCUT2D eigenvalue weighted by Gasteiger charge is -2.33. The number of hydrogen-bond donors (Lipinski definition) is 0. The van der Waals surface area contributed by atoms with Crippen LogP contribution < -0.4 is 0 Å². The van der Waals surface area contributed by atoms with Gasteiger partial charge in [-0.25, -0.2) is 4.99 Å². The van der Waals surface area contributed by atoms with E-state index in [0.29, 0.717) is 5.71 Å². The minimum Gasteiger partial charge on any atom is -0.326 e. The Hall–Kier alpha value is -1.19. The molecule has 1 aliphatic rings. The highest BCUT2D eigenvalue weighted by molar-refractivity contribution is 6.43. The van der Waals surface area contributed by atoms with Gasteiger partial charge in [0, 0.05) is 11.5 Å². The van der Waals surface area contributed by atoms with Crippen molar-refractivity contribution in [3.63, 3.8) is 0 Å². The second-order valence-corrected chi connectivity index (χ2v) is 5.13. The maximum absolute atomic E-state index is 12.0. The van der Waals surface area contributed by atoms with Gasteiger partial charge in [0.1, 0.15) is 12.3 Å². The Balaban J connectivity index is 3.08. The van der Waals surface area contributed by atoms with Crippen LogP contribution in [0.1, 0.15) is 34.6 Å². The Bertz CT molecular complexity index is 324. The molecule has 0 aromatic rings. The number of amides is 2. The van der Waals surface area contributed by atoms with Crippen LogP contribution in [0, 0.1) is 5.41 Å². The SMILES string of the molecule is CC(C)N1CC(=O)N=C(C(C)(C)C)C1=O. The minimum absolute atomic E-state index is 0.0364. The van der Waals surface area contributed by atoms with Crippen molar-refractivity contribution in [2.45, 2.75) is 40.7 Å². The fourth-order valence-corrected chi connectivity index (χ4v) is 1.47. The van der Waals surface area contributed by atoms with Crippen LogP contribution in [0.25, 0.3) is 0 Å². The van der Waals surface area contributed by atoms with Gasteiger partial charge in [0.2, 0.25) is 0 Å². The smallest absolute Gasteiger partial charge is 0.269 e. The molecule has 4 heteroatoms. The van der Waals surface area contributed by atoms with Gasteiger partial charge in [0.15, 0.2) is 0 Å². The zero-order valence-corrected chi connectivity index (χ0v) is 10.00. The van der Waals surface area contributed by atoms with E-state index in [0.717, 1.165) is 0 Å². The maximum Gasteiger partial charge on any atom is 0.269 e. The lowest BCUT2D eigenvalue weighted by atomic mass is 9.88. The highest BCUT2D eigenvalue weighted by Crippen LogP contribution is 2.21. The van der Waals surface area contributed by atoms with E-state index in [1.54, 1.807) is 4.90 Å². The molecule has 15 heavy (non-hydrogen) atoms. The summed E-state index contributed by atoms with van der Waals surface area (Å²) in [6, 6.07) is 0.0364. The van der Waals surface area contributed by atoms with Crippen molar-refractivity contribution in [2.75, 3.05) is 6.54 Å². The predicted molar refractivity (Wildman–Crippen MR) is 58.7 cm³/mol.